The van der Waals surface area contributed by atoms with E-state index in [-0.39, 0.29) is 0 Å². The average Bonchev–Trinajstić information content (AvgIpc) is 2.62. The van der Waals surface area contributed by atoms with Crippen LogP contribution in [0.4, 0.5) is 11.5 Å². The van der Waals surface area contributed by atoms with Gasteiger partial charge in [0, 0.05) is 13.6 Å². The number of rotatable bonds is 4. The summed E-state index contributed by atoms with van der Waals surface area (Å²) in [6.45, 7) is 0.495. The lowest BCUT2D eigenvalue weighted by Gasteiger charge is -2.27. The molecule has 0 unspecified atom stereocenters. The van der Waals surface area contributed by atoms with Crippen LogP contribution in [0.5, 0.6) is 0 Å². The van der Waals surface area contributed by atoms with Gasteiger partial charge in [0.2, 0.25) is 0 Å². The fraction of sp³-hybridized carbons (Fsp3) is 0.692. The first-order valence-corrected chi connectivity index (χ1v) is 7.17. The SMILES string of the molecule is CNc1c(Cl)ncnc1NCC1(O)CCCCCC1. The van der Waals surface area contributed by atoms with Gasteiger partial charge in [-0.3, -0.25) is 0 Å². The third-order valence-corrected chi connectivity index (χ3v) is 3.96. The van der Waals surface area contributed by atoms with Crippen molar-refractivity contribution in [3.63, 3.8) is 0 Å². The molecule has 0 amide bonds. The van der Waals surface area contributed by atoms with Gasteiger partial charge in [-0.05, 0) is 12.8 Å². The second-order valence-electron chi connectivity index (χ2n) is 5.13. The van der Waals surface area contributed by atoms with Gasteiger partial charge in [0.25, 0.3) is 0 Å². The van der Waals surface area contributed by atoms with Gasteiger partial charge < -0.3 is 15.7 Å². The van der Waals surface area contributed by atoms with E-state index in [1.54, 1.807) is 7.05 Å². The van der Waals surface area contributed by atoms with E-state index in [2.05, 4.69) is 20.6 Å². The monoisotopic (exact) mass is 284 g/mol. The highest BCUT2D eigenvalue weighted by molar-refractivity contribution is 6.32. The van der Waals surface area contributed by atoms with Crippen molar-refractivity contribution < 1.29 is 5.11 Å². The van der Waals surface area contributed by atoms with Crippen molar-refractivity contribution in [3.8, 4) is 0 Å². The summed E-state index contributed by atoms with van der Waals surface area (Å²) >= 11 is 6.00. The Labute approximate surface area is 118 Å². The van der Waals surface area contributed by atoms with Crippen molar-refractivity contribution in [1.82, 2.24) is 9.97 Å². The molecule has 0 bridgehead atoms. The number of hydrogen-bond acceptors (Lipinski definition) is 5. The van der Waals surface area contributed by atoms with E-state index in [1.807, 2.05) is 0 Å². The lowest BCUT2D eigenvalue weighted by molar-refractivity contribution is 0.0380. The summed E-state index contributed by atoms with van der Waals surface area (Å²) < 4.78 is 0. The number of nitrogens with one attached hydrogen (secondary N) is 2. The van der Waals surface area contributed by atoms with E-state index in [9.17, 15) is 5.11 Å². The molecule has 2 rings (SSSR count). The molecular formula is C13H21ClN4O. The van der Waals surface area contributed by atoms with Gasteiger partial charge in [-0.15, -0.1) is 0 Å². The minimum Gasteiger partial charge on any atom is -0.388 e. The minimum absolute atomic E-state index is 0.382. The first kappa shape index (κ1) is 14.3. The van der Waals surface area contributed by atoms with E-state index in [0.29, 0.717) is 23.2 Å². The van der Waals surface area contributed by atoms with Crippen LogP contribution < -0.4 is 10.6 Å². The molecule has 0 radical (unpaired) electrons. The summed E-state index contributed by atoms with van der Waals surface area (Å²) in [4.78, 5) is 8.10. The molecule has 19 heavy (non-hydrogen) atoms. The summed E-state index contributed by atoms with van der Waals surface area (Å²) in [6.07, 6.45) is 7.69. The molecule has 1 fully saturated rings. The smallest absolute Gasteiger partial charge is 0.157 e. The van der Waals surface area contributed by atoms with E-state index in [4.69, 9.17) is 11.6 Å². The second-order valence-corrected chi connectivity index (χ2v) is 5.49. The fourth-order valence-corrected chi connectivity index (χ4v) is 2.76. The Balaban J connectivity index is 2.03. The number of aliphatic hydroxyl groups is 1. The standard InChI is InChI=1S/C13H21ClN4O/c1-15-10-11(14)17-9-18-12(10)16-8-13(19)6-4-2-3-5-7-13/h9,15,19H,2-8H2,1H3,(H,16,17,18). The van der Waals surface area contributed by atoms with Gasteiger partial charge >= 0.3 is 0 Å². The Hall–Kier alpha value is -1.07. The lowest BCUT2D eigenvalue weighted by atomic mass is 9.94. The molecule has 1 heterocycles. The molecule has 0 spiro atoms. The molecular weight excluding hydrogens is 264 g/mol. The largest absolute Gasteiger partial charge is 0.388 e. The summed E-state index contributed by atoms with van der Waals surface area (Å²) in [5.41, 5.74) is 0.0280. The van der Waals surface area contributed by atoms with Crippen molar-refractivity contribution in [2.24, 2.45) is 0 Å². The number of hydrogen-bond donors (Lipinski definition) is 3. The van der Waals surface area contributed by atoms with Gasteiger partial charge in [-0.1, -0.05) is 37.3 Å². The van der Waals surface area contributed by atoms with Crippen LogP contribution in [0, 0.1) is 0 Å². The number of anilines is 2. The highest BCUT2D eigenvalue weighted by Gasteiger charge is 2.28. The highest BCUT2D eigenvalue weighted by atomic mass is 35.5. The van der Waals surface area contributed by atoms with E-state index < -0.39 is 5.60 Å². The molecule has 1 aliphatic carbocycles. The summed E-state index contributed by atoms with van der Waals surface area (Å²) in [6, 6.07) is 0. The van der Waals surface area contributed by atoms with E-state index >= 15 is 0 Å². The highest BCUT2D eigenvalue weighted by Crippen LogP contribution is 2.29. The quantitative estimate of drug-likeness (QED) is 0.586. The van der Waals surface area contributed by atoms with Crippen molar-refractivity contribution in [2.75, 3.05) is 24.2 Å². The molecule has 1 aromatic heterocycles. The first-order chi connectivity index (χ1) is 9.14. The van der Waals surface area contributed by atoms with Gasteiger partial charge in [-0.2, -0.15) is 0 Å². The predicted molar refractivity (Wildman–Crippen MR) is 77.7 cm³/mol. The Morgan fingerprint density at radius 2 is 1.95 bits per heavy atom. The summed E-state index contributed by atoms with van der Waals surface area (Å²) in [5.74, 6) is 0.639. The first-order valence-electron chi connectivity index (χ1n) is 6.79. The lowest BCUT2D eigenvalue weighted by Crippen LogP contribution is -2.36. The van der Waals surface area contributed by atoms with Crippen LogP contribution in [0.25, 0.3) is 0 Å². The van der Waals surface area contributed by atoms with Crippen LogP contribution in [-0.4, -0.2) is 34.3 Å². The van der Waals surface area contributed by atoms with E-state index in [0.717, 1.165) is 25.7 Å². The maximum Gasteiger partial charge on any atom is 0.157 e. The third-order valence-electron chi connectivity index (χ3n) is 3.67. The minimum atomic E-state index is -0.640. The van der Waals surface area contributed by atoms with Gasteiger partial charge in [0.05, 0.1) is 5.60 Å². The summed E-state index contributed by atoms with van der Waals surface area (Å²) in [5, 5.41) is 17.1. The zero-order valence-corrected chi connectivity index (χ0v) is 12.0. The van der Waals surface area contributed by atoms with Crippen molar-refractivity contribution in [3.05, 3.63) is 11.5 Å². The molecule has 0 aromatic carbocycles. The zero-order chi connectivity index (χ0) is 13.7. The van der Waals surface area contributed by atoms with Crippen molar-refractivity contribution in [1.29, 1.82) is 0 Å². The second kappa shape index (κ2) is 6.39. The van der Waals surface area contributed by atoms with Crippen molar-refractivity contribution in [2.45, 2.75) is 44.1 Å². The Kier molecular flexibility index (Phi) is 4.82. The Morgan fingerprint density at radius 1 is 1.26 bits per heavy atom. The van der Waals surface area contributed by atoms with Crippen LogP contribution in [0.1, 0.15) is 38.5 Å². The molecule has 6 heteroatoms. The number of nitrogens with zero attached hydrogens (tertiary/aromatic N) is 2. The normalized spacial score (nSPS) is 18.7. The molecule has 1 saturated carbocycles. The van der Waals surface area contributed by atoms with Gasteiger partial charge in [0.15, 0.2) is 11.0 Å². The molecule has 3 N–H and O–H groups in total. The van der Waals surface area contributed by atoms with Crippen LogP contribution in [0.15, 0.2) is 6.33 Å². The van der Waals surface area contributed by atoms with E-state index in [1.165, 1.54) is 19.2 Å². The maximum atomic E-state index is 10.6. The number of aromatic nitrogens is 2. The van der Waals surface area contributed by atoms with Gasteiger partial charge in [-0.25, -0.2) is 9.97 Å². The summed E-state index contributed by atoms with van der Waals surface area (Å²) in [7, 11) is 1.77. The topological polar surface area (TPSA) is 70.1 Å². The number of halogens is 1. The third kappa shape index (κ3) is 3.70. The Morgan fingerprint density at radius 3 is 2.58 bits per heavy atom. The molecule has 5 nitrogen and oxygen atoms in total. The van der Waals surface area contributed by atoms with Gasteiger partial charge in [0.1, 0.15) is 12.0 Å². The van der Waals surface area contributed by atoms with Crippen LogP contribution >= 0.6 is 11.6 Å². The van der Waals surface area contributed by atoms with Crippen LogP contribution in [0.2, 0.25) is 5.15 Å². The molecule has 106 valence electrons. The fourth-order valence-electron chi connectivity index (χ4n) is 2.53. The van der Waals surface area contributed by atoms with Crippen molar-refractivity contribution >= 4 is 23.1 Å². The average molecular weight is 285 g/mol. The Bertz CT molecular complexity index is 419. The molecule has 1 aliphatic rings. The molecule has 0 aliphatic heterocycles. The predicted octanol–water partition coefficient (Wildman–Crippen LogP) is 2.67. The maximum absolute atomic E-state index is 10.6. The molecule has 0 saturated heterocycles. The molecule has 1 aromatic rings. The zero-order valence-electron chi connectivity index (χ0n) is 11.2. The van der Waals surface area contributed by atoms with Crippen LogP contribution in [-0.2, 0) is 0 Å². The molecule has 0 atom stereocenters. The van der Waals surface area contributed by atoms with Crippen LogP contribution in [0.3, 0.4) is 0 Å².